The van der Waals surface area contributed by atoms with Gasteiger partial charge in [-0.25, -0.2) is 4.39 Å². The number of hydrogen-bond donors (Lipinski definition) is 0. The van der Waals surface area contributed by atoms with Crippen molar-refractivity contribution in [1.29, 1.82) is 0 Å². The molecule has 0 unspecified atom stereocenters. The lowest BCUT2D eigenvalue weighted by atomic mass is 10.2. The van der Waals surface area contributed by atoms with Crippen LogP contribution in [0.1, 0.15) is 11.7 Å². The second-order valence-corrected chi connectivity index (χ2v) is 5.66. The van der Waals surface area contributed by atoms with Crippen LogP contribution in [0, 0.1) is 5.82 Å². The first kappa shape index (κ1) is 16.1. The van der Waals surface area contributed by atoms with Crippen molar-refractivity contribution in [2.24, 2.45) is 0 Å². The maximum atomic E-state index is 13.9. The monoisotopic (exact) mass is 341 g/mol. The zero-order valence-electron chi connectivity index (χ0n) is 12.7. The summed E-state index contributed by atoms with van der Waals surface area (Å²) in [6.07, 6.45) is 2.64. The van der Waals surface area contributed by atoms with Crippen molar-refractivity contribution in [2.75, 3.05) is 38.2 Å². The number of rotatable bonds is 5. The van der Waals surface area contributed by atoms with E-state index in [9.17, 15) is 4.39 Å². The van der Waals surface area contributed by atoms with Crippen LogP contribution in [0.15, 0.2) is 16.9 Å². The molecule has 3 rings (SSSR count). The van der Waals surface area contributed by atoms with E-state index >= 15 is 0 Å². The molecule has 3 heterocycles. The van der Waals surface area contributed by atoms with Crippen LogP contribution in [-0.2, 0) is 17.9 Å². The Bertz CT molecular complexity index is 640. The van der Waals surface area contributed by atoms with E-state index < -0.39 is 5.82 Å². The molecule has 1 aliphatic rings. The summed E-state index contributed by atoms with van der Waals surface area (Å²) >= 11 is 6.06. The van der Waals surface area contributed by atoms with Crippen LogP contribution in [0.4, 0.5) is 10.1 Å². The molecule has 9 heteroatoms. The van der Waals surface area contributed by atoms with Gasteiger partial charge in [0.25, 0.3) is 0 Å². The van der Waals surface area contributed by atoms with Gasteiger partial charge in [-0.05, 0) is 0 Å². The quantitative estimate of drug-likeness (QED) is 0.820. The average molecular weight is 342 g/mol. The van der Waals surface area contributed by atoms with Crippen LogP contribution in [0.25, 0.3) is 0 Å². The van der Waals surface area contributed by atoms with E-state index in [0.29, 0.717) is 48.7 Å². The summed E-state index contributed by atoms with van der Waals surface area (Å²) in [4.78, 5) is 12.1. The summed E-state index contributed by atoms with van der Waals surface area (Å²) in [5.41, 5.74) is 0.418. The molecular weight excluding hydrogens is 325 g/mol. The molecule has 0 N–H and O–H groups in total. The Morgan fingerprint density at radius 3 is 2.78 bits per heavy atom. The lowest BCUT2D eigenvalue weighted by Crippen LogP contribution is -2.46. The number of anilines is 1. The SMILES string of the molecule is COCc1noc(CN2CCN(c3c(F)cncc3Cl)CC2)n1. The topological polar surface area (TPSA) is 67.5 Å². The van der Waals surface area contributed by atoms with Gasteiger partial charge in [-0.1, -0.05) is 16.8 Å². The molecule has 7 nitrogen and oxygen atoms in total. The second-order valence-electron chi connectivity index (χ2n) is 5.25. The molecule has 2 aromatic rings. The van der Waals surface area contributed by atoms with Gasteiger partial charge in [-0.3, -0.25) is 9.88 Å². The van der Waals surface area contributed by atoms with Crippen molar-refractivity contribution < 1.29 is 13.7 Å². The van der Waals surface area contributed by atoms with Crippen molar-refractivity contribution in [3.8, 4) is 0 Å². The number of piperazine rings is 1. The lowest BCUT2D eigenvalue weighted by Gasteiger charge is -2.35. The van der Waals surface area contributed by atoms with Crippen molar-refractivity contribution in [2.45, 2.75) is 13.2 Å². The van der Waals surface area contributed by atoms with E-state index in [0.717, 1.165) is 13.1 Å². The van der Waals surface area contributed by atoms with Gasteiger partial charge in [-0.2, -0.15) is 4.98 Å². The first-order chi connectivity index (χ1) is 11.2. The maximum absolute atomic E-state index is 13.9. The highest BCUT2D eigenvalue weighted by atomic mass is 35.5. The van der Waals surface area contributed by atoms with Crippen LogP contribution < -0.4 is 4.90 Å². The van der Waals surface area contributed by atoms with E-state index in [1.807, 2.05) is 4.90 Å². The van der Waals surface area contributed by atoms with Crippen LogP contribution in [-0.4, -0.2) is 53.3 Å². The van der Waals surface area contributed by atoms with Gasteiger partial charge in [0.15, 0.2) is 11.6 Å². The Morgan fingerprint density at radius 1 is 1.30 bits per heavy atom. The molecule has 0 aliphatic carbocycles. The summed E-state index contributed by atoms with van der Waals surface area (Å²) in [5.74, 6) is 0.692. The summed E-state index contributed by atoms with van der Waals surface area (Å²) < 4.78 is 24.0. The number of halogens is 2. The standard InChI is InChI=1S/C14H17ClFN5O2/c1-22-9-12-18-13(23-19-12)8-20-2-4-21(5-3-20)14-10(15)6-17-7-11(14)16/h6-7H,2-5,8-9H2,1H3. The highest BCUT2D eigenvalue weighted by molar-refractivity contribution is 6.33. The number of ether oxygens (including phenoxy) is 1. The smallest absolute Gasteiger partial charge is 0.240 e. The normalized spacial score (nSPS) is 16.0. The van der Waals surface area contributed by atoms with E-state index in [1.165, 1.54) is 12.4 Å². The fourth-order valence-electron chi connectivity index (χ4n) is 2.57. The molecule has 0 atom stereocenters. The number of hydrogen-bond acceptors (Lipinski definition) is 7. The summed E-state index contributed by atoms with van der Waals surface area (Å²) in [6, 6.07) is 0. The largest absolute Gasteiger partial charge is 0.377 e. The molecule has 1 fully saturated rings. The minimum Gasteiger partial charge on any atom is -0.377 e. The van der Waals surface area contributed by atoms with Crippen LogP contribution in [0.2, 0.25) is 5.02 Å². The molecule has 1 saturated heterocycles. The summed E-state index contributed by atoms with van der Waals surface area (Å²) in [5, 5.41) is 4.17. The van der Waals surface area contributed by atoms with Gasteiger partial charge >= 0.3 is 0 Å². The fourth-order valence-corrected chi connectivity index (χ4v) is 2.84. The zero-order chi connectivity index (χ0) is 16.2. The van der Waals surface area contributed by atoms with E-state index in [1.54, 1.807) is 7.11 Å². The molecule has 1 aliphatic heterocycles. The number of aromatic nitrogens is 3. The van der Waals surface area contributed by atoms with E-state index in [2.05, 4.69) is 20.0 Å². The average Bonchev–Trinajstić information content (AvgIpc) is 2.96. The number of pyridine rings is 1. The Hall–Kier alpha value is -1.77. The molecule has 0 spiro atoms. The highest BCUT2D eigenvalue weighted by Crippen LogP contribution is 2.28. The second kappa shape index (κ2) is 7.20. The Balaban J connectivity index is 1.58. The van der Waals surface area contributed by atoms with Crippen LogP contribution in [0.5, 0.6) is 0 Å². The van der Waals surface area contributed by atoms with Gasteiger partial charge in [0.2, 0.25) is 5.89 Å². The van der Waals surface area contributed by atoms with E-state index in [4.69, 9.17) is 20.9 Å². The first-order valence-electron chi connectivity index (χ1n) is 7.24. The van der Waals surface area contributed by atoms with Crippen molar-refractivity contribution in [1.82, 2.24) is 20.0 Å². The molecule has 2 aromatic heterocycles. The van der Waals surface area contributed by atoms with Gasteiger partial charge in [0.1, 0.15) is 6.61 Å². The highest BCUT2D eigenvalue weighted by Gasteiger charge is 2.23. The van der Waals surface area contributed by atoms with Crippen molar-refractivity contribution >= 4 is 17.3 Å². The predicted octanol–water partition coefficient (Wildman–Crippen LogP) is 1.73. The Labute approximate surface area is 138 Å². The number of methoxy groups -OCH3 is 1. The first-order valence-corrected chi connectivity index (χ1v) is 7.62. The van der Waals surface area contributed by atoms with Crippen molar-refractivity contribution in [3.05, 3.63) is 34.9 Å². The minimum atomic E-state index is -0.396. The fraction of sp³-hybridized carbons (Fsp3) is 0.500. The third-order valence-electron chi connectivity index (χ3n) is 3.66. The summed E-state index contributed by atoms with van der Waals surface area (Å²) in [6.45, 7) is 3.73. The molecule has 0 bridgehead atoms. The number of nitrogens with zero attached hydrogens (tertiary/aromatic N) is 5. The Kier molecular flexibility index (Phi) is 5.04. The molecule has 0 aromatic carbocycles. The molecule has 0 amide bonds. The molecular formula is C14H17ClFN5O2. The van der Waals surface area contributed by atoms with Gasteiger partial charge in [0, 0.05) is 39.5 Å². The predicted molar refractivity (Wildman–Crippen MR) is 81.7 cm³/mol. The third-order valence-corrected chi connectivity index (χ3v) is 3.94. The van der Waals surface area contributed by atoms with Gasteiger partial charge in [-0.15, -0.1) is 0 Å². The van der Waals surface area contributed by atoms with Crippen molar-refractivity contribution in [3.63, 3.8) is 0 Å². The van der Waals surface area contributed by atoms with Gasteiger partial charge < -0.3 is 14.2 Å². The zero-order valence-corrected chi connectivity index (χ0v) is 13.5. The van der Waals surface area contributed by atoms with Crippen LogP contribution in [0.3, 0.4) is 0 Å². The van der Waals surface area contributed by atoms with E-state index in [-0.39, 0.29) is 0 Å². The summed E-state index contributed by atoms with van der Waals surface area (Å²) in [7, 11) is 1.58. The molecule has 124 valence electrons. The maximum Gasteiger partial charge on any atom is 0.240 e. The Morgan fingerprint density at radius 2 is 2.09 bits per heavy atom. The molecule has 23 heavy (non-hydrogen) atoms. The van der Waals surface area contributed by atoms with Crippen LogP contribution >= 0.6 is 11.6 Å². The lowest BCUT2D eigenvalue weighted by molar-refractivity contribution is 0.174. The minimum absolute atomic E-state index is 0.330. The van der Waals surface area contributed by atoms with Gasteiger partial charge in [0.05, 0.1) is 23.5 Å². The third kappa shape index (κ3) is 3.77. The molecule has 0 saturated carbocycles. The molecule has 0 radical (unpaired) electrons.